The van der Waals surface area contributed by atoms with Gasteiger partial charge in [-0.1, -0.05) is 192 Å². The van der Waals surface area contributed by atoms with Gasteiger partial charge in [-0.25, -0.2) is 4.79 Å². The molecule has 0 rings (SSSR count). The maximum atomic E-state index is 12.8. The van der Waals surface area contributed by atoms with Crippen LogP contribution in [0.25, 0.3) is 0 Å². The number of esters is 2. The Hall–Kier alpha value is -2.19. The molecule has 0 aromatic rings. The van der Waals surface area contributed by atoms with Crippen LogP contribution in [-0.4, -0.2) is 80.6 Å². The summed E-state index contributed by atoms with van der Waals surface area (Å²) >= 11 is 0. The maximum Gasteiger partial charge on any atom is 0.362 e. The summed E-state index contributed by atoms with van der Waals surface area (Å²) in [7, 11) is 5.54. The van der Waals surface area contributed by atoms with Crippen molar-refractivity contribution in [3.8, 4) is 0 Å². The van der Waals surface area contributed by atoms with E-state index in [0.29, 0.717) is 19.3 Å². The molecule has 1 N–H and O–H groups in total. The second-order valence-corrected chi connectivity index (χ2v) is 17.8. The average molecular weight is 821 g/mol. The largest absolute Gasteiger partial charge is 0.477 e. The Kier molecular flexibility index (Phi) is 40.0. The Morgan fingerprint density at radius 3 is 1.33 bits per heavy atom. The molecule has 2 atom stereocenters. The molecule has 0 aromatic carbocycles. The first-order valence-corrected chi connectivity index (χ1v) is 24.4. The molecule has 0 bridgehead atoms. The molecule has 8 heteroatoms. The van der Waals surface area contributed by atoms with Crippen molar-refractivity contribution in [1.82, 2.24) is 0 Å². The van der Waals surface area contributed by atoms with Crippen LogP contribution in [0.15, 0.2) is 24.3 Å². The minimum absolute atomic E-state index is 0.0480. The molecule has 0 fully saturated rings. The van der Waals surface area contributed by atoms with Gasteiger partial charge in [0.2, 0.25) is 0 Å². The molecular weight excluding hydrogens is 727 g/mol. The van der Waals surface area contributed by atoms with Crippen LogP contribution >= 0.6 is 0 Å². The van der Waals surface area contributed by atoms with Gasteiger partial charge in [0.15, 0.2) is 12.1 Å². The highest BCUT2D eigenvalue weighted by Crippen LogP contribution is 2.16. The van der Waals surface area contributed by atoms with E-state index in [4.69, 9.17) is 14.2 Å². The van der Waals surface area contributed by atoms with Crippen LogP contribution in [0.5, 0.6) is 0 Å². The van der Waals surface area contributed by atoms with Crippen molar-refractivity contribution < 1.29 is 38.2 Å². The minimum atomic E-state index is -0.873. The van der Waals surface area contributed by atoms with Crippen LogP contribution in [0.2, 0.25) is 0 Å². The molecule has 0 amide bonds. The zero-order valence-electron chi connectivity index (χ0n) is 38.8. The van der Waals surface area contributed by atoms with E-state index in [1.54, 1.807) is 0 Å². The number of carbonyl (C=O) groups is 3. The van der Waals surface area contributed by atoms with Crippen LogP contribution in [0.1, 0.15) is 226 Å². The van der Waals surface area contributed by atoms with Gasteiger partial charge in [0, 0.05) is 19.3 Å². The first-order chi connectivity index (χ1) is 28.1. The number of aliphatic carboxylic acids is 1. The van der Waals surface area contributed by atoms with Gasteiger partial charge < -0.3 is 23.8 Å². The van der Waals surface area contributed by atoms with Gasteiger partial charge in [0.05, 0.1) is 34.4 Å². The second-order valence-electron chi connectivity index (χ2n) is 17.8. The van der Waals surface area contributed by atoms with Crippen molar-refractivity contribution in [3.63, 3.8) is 0 Å². The molecule has 2 unspecified atom stereocenters. The molecule has 0 aliphatic carbocycles. The predicted octanol–water partition coefficient (Wildman–Crippen LogP) is 13.6. The predicted molar refractivity (Wildman–Crippen MR) is 243 cm³/mol. The fraction of sp³-hybridized carbons (Fsp3) is 0.860. The van der Waals surface area contributed by atoms with Crippen LogP contribution in [-0.2, 0) is 28.6 Å². The number of allylic oxidation sites excluding steroid dienone is 4. The normalized spacial score (nSPS) is 13.1. The highest BCUT2D eigenvalue weighted by Gasteiger charge is 2.31. The summed E-state index contributed by atoms with van der Waals surface area (Å²) in [6, 6.07) is -0.612. The van der Waals surface area contributed by atoms with Crippen molar-refractivity contribution in [2.75, 3.05) is 41.0 Å². The van der Waals surface area contributed by atoms with Gasteiger partial charge in [-0.15, -0.1) is 0 Å². The quantitative estimate of drug-likeness (QED) is 0.0283. The highest BCUT2D eigenvalue weighted by atomic mass is 16.6. The number of hydrogen-bond donors (Lipinski definition) is 1. The van der Waals surface area contributed by atoms with E-state index in [-0.39, 0.29) is 36.2 Å². The lowest BCUT2D eigenvalue weighted by atomic mass is 10.0. The van der Waals surface area contributed by atoms with Crippen molar-refractivity contribution in [2.45, 2.75) is 238 Å². The molecule has 58 heavy (non-hydrogen) atoms. The summed E-state index contributed by atoms with van der Waals surface area (Å²) in [5.41, 5.74) is 0. The van der Waals surface area contributed by atoms with Crippen molar-refractivity contribution in [3.05, 3.63) is 24.3 Å². The van der Waals surface area contributed by atoms with Crippen LogP contribution in [0.3, 0.4) is 0 Å². The van der Waals surface area contributed by atoms with E-state index in [1.165, 1.54) is 154 Å². The average Bonchev–Trinajstić information content (AvgIpc) is 3.18. The fourth-order valence-electron chi connectivity index (χ4n) is 7.32. The van der Waals surface area contributed by atoms with Crippen LogP contribution in [0, 0.1) is 0 Å². The third kappa shape index (κ3) is 39.3. The van der Waals surface area contributed by atoms with E-state index < -0.39 is 18.1 Å². The Labute approximate surface area is 358 Å². The molecule has 8 nitrogen and oxygen atoms in total. The first kappa shape index (κ1) is 55.8. The summed E-state index contributed by atoms with van der Waals surface area (Å²) in [6.07, 6.45) is 46.4. The second kappa shape index (κ2) is 41.5. The molecule has 0 radical (unpaired) electrons. The van der Waals surface area contributed by atoms with Crippen LogP contribution < -0.4 is 0 Å². The zero-order valence-corrected chi connectivity index (χ0v) is 38.8. The maximum absolute atomic E-state index is 12.8. The molecule has 0 saturated carbocycles. The standard InChI is InChI=1S/C50H93NO7/c1-6-8-10-12-14-16-18-20-22-23-24-25-27-28-30-32-34-36-38-40-48(52)57-45-46(44-56-43-42-47(50(54)55)51(3,4)5)58-49(53)41-39-37-35-33-31-29-26-21-19-17-15-13-11-9-7-2/h14,16,18,20,46-47H,6-13,15,17,19,21-45H2,1-5H3/p+1/b16-14+,20-18+. The molecule has 0 heterocycles. The highest BCUT2D eigenvalue weighted by molar-refractivity contribution is 5.72. The van der Waals surface area contributed by atoms with Gasteiger partial charge in [-0.2, -0.15) is 0 Å². The van der Waals surface area contributed by atoms with Gasteiger partial charge in [-0.3, -0.25) is 9.59 Å². The molecule has 0 aliphatic rings. The zero-order chi connectivity index (χ0) is 42.8. The lowest BCUT2D eigenvalue weighted by Gasteiger charge is -2.31. The Balaban J connectivity index is 4.25. The van der Waals surface area contributed by atoms with E-state index in [2.05, 4.69) is 38.2 Å². The molecule has 0 aliphatic heterocycles. The SMILES string of the molecule is CCCCC/C=C/C=C/CCCCCCCCCCCCC(=O)OCC(COCCC(C(=O)O)[N+](C)(C)C)OC(=O)CCCCCCCCCCCCCCCCC. The number of carboxylic acid groups (broad SMARTS) is 1. The number of hydrogen-bond acceptors (Lipinski definition) is 6. The van der Waals surface area contributed by atoms with E-state index in [9.17, 15) is 19.5 Å². The Morgan fingerprint density at radius 2 is 0.897 bits per heavy atom. The first-order valence-electron chi connectivity index (χ1n) is 24.4. The summed E-state index contributed by atoms with van der Waals surface area (Å²) in [5.74, 6) is -1.46. The number of carbonyl (C=O) groups excluding carboxylic acids is 2. The summed E-state index contributed by atoms with van der Waals surface area (Å²) < 4.78 is 17.3. The number of ether oxygens (including phenoxy) is 3. The lowest BCUT2D eigenvalue weighted by Crippen LogP contribution is -2.50. The van der Waals surface area contributed by atoms with E-state index in [0.717, 1.165) is 38.5 Å². The molecule has 0 saturated heterocycles. The summed E-state index contributed by atoms with van der Waals surface area (Å²) in [6.45, 7) is 4.74. The smallest absolute Gasteiger partial charge is 0.362 e. The monoisotopic (exact) mass is 821 g/mol. The number of rotatable bonds is 44. The van der Waals surface area contributed by atoms with Gasteiger partial charge >= 0.3 is 17.9 Å². The topological polar surface area (TPSA) is 99.1 Å². The van der Waals surface area contributed by atoms with E-state index in [1.807, 2.05) is 21.1 Å². The minimum Gasteiger partial charge on any atom is -0.477 e. The molecular formula is C50H94NO7+. The number of nitrogens with zero attached hydrogens (tertiary/aromatic N) is 1. The molecule has 0 spiro atoms. The third-order valence-corrected chi connectivity index (χ3v) is 11.1. The third-order valence-electron chi connectivity index (χ3n) is 11.1. The summed E-state index contributed by atoms with van der Waals surface area (Å²) in [5, 5.41) is 9.64. The number of quaternary nitrogens is 1. The van der Waals surface area contributed by atoms with Crippen molar-refractivity contribution in [2.24, 2.45) is 0 Å². The van der Waals surface area contributed by atoms with E-state index >= 15 is 0 Å². The van der Waals surface area contributed by atoms with Gasteiger partial charge in [0.25, 0.3) is 0 Å². The van der Waals surface area contributed by atoms with Gasteiger partial charge in [-0.05, 0) is 38.5 Å². The Morgan fingerprint density at radius 1 is 0.517 bits per heavy atom. The van der Waals surface area contributed by atoms with Gasteiger partial charge in [0.1, 0.15) is 6.61 Å². The van der Waals surface area contributed by atoms with Crippen molar-refractivity contribution in [1.29, 1.82) is 0 Å². The molecule has 340 valence electrons. The summed E-state index contributed by atoms with van der Waals surface area (Å²) in [4.78, 5) is 37.1. The Bertz CT molecular complexity index is 1000. The fourth-order valence-corrected chi connectivity index (χ4v) is 7.32. The number of unbranched alkanes of at least 4 members (excludes halogenated alkanes) is 27. The lowest BCUT2D eigenvalue weighted by molar-refractivity contribution is -0.887. The molecule has 0 aromatic heterocycles. The number of likely N-dealkylation sites (N-methyl/N-ethyl adjacent to an activating group) is 1. The van der Waals surface area contributed by atoms with Crippen molar-refractivity contribution >= 4 is 17.9 Å². The number of carboxylic acids is 1. The van der Waals surface area contributed by atoms with Crippen LogP contribution in [0.4, 0.5) is 0 Å².